The van der Waals surface area contributed by atoms with Gasteiger partial charge < -0.3 is 35.2 Å². The predicted octanol–water partition coefficient (Wildman–Crippen LogP) is -0.983. The summed E-state index contributed by atoms with van der Waals surface area (Å²) in [6.07, 6.45) is -6.20. The number of aliphatic hydroxyl groups is 4. The summed E-state index contributed by atoms with van der Waals surface area (Å²) in [6.45, 7) is 0.445. The van der Waals surface area contributed by atoms with Crippen molar-refractivity contribution in [2.24, 2.45) is 0 Å². The van der Waals surface area contributed by atoms with Gasteiger partial charge in [-0.2, -0.15) is 0 Å². The summed E-state index contributed by atoms with van der Waals surface area (Å²) < 4.78 is 10.8. The average molecular weight is 415 g/mol. The van der Waals surface area contributed by atoms with Gasteiger partial charge in [-0.15, -0.1) is 0 Å². The number of esters is 1. The number of rotatable bonds is 7. The number of ether oxygens (including phenoxy) is 2. The molecule has 1 saturated heterocycles. The Kier molecular flexibility index (Phi) is 7.81. The lowest BCUT2D eigenvalue weighted by Gasteiger charge is -2.47. The number of amides is 1. The molecule has 1 fully saturated rings. The van der Waals surface area contributed by atoms with E-state index in [1.807, 2.05) is 0 Å². The molecule has 10 heteroatoms. The zero-order valence-electron chi connectivity index (χ0n) is 15.5. The molecule has 0 spiro atoms. The van der Waals surface area contributed by atoms with Crippen molar-refractivity contribution in [3.63, 3.8) is 0 Å². The number of hydrogen-bond acceptors (Lipinski definition) is 9. The van der Waals surface area contributed by atoms with Gasteiger partial charge in [-0.05, 0) is 12.1 Å². The van der Waals surface area contributed by atoms with E-state index in [9.17, 15) is 30.0 Å². The molecular weight excluding hydrogens is 390 g/mol. The highest BCUT2D eigenvalue weighted by Crippen LogP contribution is 2.44. The maximum absolute atomic E-state index is 12.6. The number of hydrogen-bond donors (Lipinski definition) is 5. The number of carbonyl (C=O) groups is 2. The molecule has 28 heavy (non-hydrogen) atoms. The normalized spacial score (nSPS) is 29.6. The molecule has 1 amide bonds. The van der Waals surface area contributed by atoms with E-state index in [1.165, 1.54) is 14.0 Å². The Morgan fingerprint density at radius 1 is 1.36 bits per heavy atom. The van der Waals surface area contributed by atoms with Crippen molar-refractivity contribution in [1.82, 2.24) is 5.32 Å². The number of methoxy groups -OCH3 is 1. The fourth-order valence-corrected chi connectivity index (χ4v) is 4.31. The SMILES string of the molecule is COC(=O)[C@]1(Sc2ccccc2)C[C@H](O)[C@@H](NC(C)=O)[C@H]([C@H](O)[C@H](O)CO)O1. The molecule has 0 radical (unpaired) electrons. The van der Waals surface area contributed by atoms with E-state index in [0.717, 1.165) is 11.8 Å². The zero-order valence-corrected chi connectivity index (χ0v) is 16.3. The molecule has 1 aromatic rings. The Labute approximate surface area is 166 Å². The summed E-state index contributed by atoms with van der Waals surface area (Å²) in [4.78, 5) is 23.1. The van der Waals surface area contributed by atoms with Gasteiger partial charge in [0.05, 0.1) is 25.9 Å². The summed E-state index contributed by atoms with van der Waals surface area (Å²) in [5.74, 6) is -1.29. The molecule has 2 rings (SSSR count). The fourth-order valence-electron chi connectivity index (χ4n) is 3.06. The van der Waals surface area contributed by atoms with E-state index >= 15 is 0 Å². The number of benzene rings is 1. The highest BCUT2D eigenvalue weighted by molar-refractivity contribution is 8.01. The lowest BCUT2D eigenvalue weighted by molar-refractivity contribution is -0.206. The molecule has 9 nitrogen and oxygen atoms in total. The van der Waals surface area contributed by atoms with Crippen LogP contribution < -0.4 is 5.32 Å². The Hall–Kier alpha value is -1.69. The molecule has 0 aromatic heterocycles. The van der Waals surface area contributed by atoms with Crippen LogP contribution in [0.2, 0.25) is 0 Å². The van der Waals surface area contributed by atoms with Gasteiger partial charge in [0.1, 0.15) is 18.3 Å². The van der Waals surface area contributed by atoms with Gasteiger partial charge in [0.15, 0.2) is 0 Å². The molecule has 1 aliphatic heterocycles. The Balaban J connectivity index is 2.43. The van der Waals surface area contributed by atoms with Crippen LogP contribution in [0.5, 0.6) is 0 Å². The van der Waals surface area contributed by atoms with Crippen molar-refractivity contribution >= 4 is 23.6 Å². The average Bonchev–Trinajstić information content (AvgIpc) is 2.68. The first-order valence-electron chi connectivity index (χ1n) is 8.66. The maximum atomic E-state index is 12.6. The molecule has 156 valence electrons. The van der Waals surface area contributed by atoms with Crippen LogP contribution in [0.15, 0.2) is 35.2 Å². The Morgan fingerprint density at radius 3 is 2.54 bits per heavy atom. The summed E-state index contributed by atoms with van der Waals surface area (Å²) in [7, 11) is 1.17. The van der Waals surface area contributed by atoms with E-state index in [-0.39, 0.29) is 6.42 Å². The molecule has 1 aromatic carbocycles. The molecule has 0 saturated carbocycles. The van der Waals surface area contributed by atoms with Crippen LogP contribution in [-0.2, 0) is 19.1 Å². The molecular formula is C18H25NO8S. The summed E-state index contributed by atoms with van der Waals surface area (Å²) in [5, 5.41) is 42.6. The minimum absolute atomic E-state index is 0.234. The fraction of sp³-hybridized carbons (Fsp3) is 0.556. The molecule has 1 aliphatic rings. The largest absolute Gasteiger partial charge is 0.466 e. The van der Waals surface area contributed by atoms with Crippen molar-refractivity contribution in [1.29, 1.82) is 0 Å². The van der Waals surface area contributed by atoms with Gasteiger partial charge >= 0.3 is 5.97 Å². The standard InChI is InChI=1S/C18H25NO8S/c1-10(21)19-14-12(22)8-18(17(25)26-2,28-11-6-4-3-5-7-11)27-16(14)15(24)13(23)9-20/h3-7,12-16,20,22-24H,8-9H2,1-2H3,(H,19,21)/t12-,13+,14+,15+,16+,18+/m0/s1. The van der Waals surface area contributed by atoms with Crippen LogP contribution in [0.1, 0.15) is 13.3 Å². The van der Waals surface area contributed by atoms with Gasteiger partial charge in [0, 0.05) is 18.2 Å². The van der Waals surface area contributed by atoms with Gasteiger partial charge in [-0.3, -0.25) is 4.79 Å². The number of carbonyl (C=O) groups excluding carboxylic acids is 2. The van der Waals surface area contributed by atoms with E-state index in [2.05, 4.69) is 5.32 Å². The highest BCUT2D eigenvalue weighted by Gasteiger charge is 2.55. The number of thioether (sulfide) groups is 1. The van der Waals surface area contributed by atoms with Gasteiger partial charge in [0.25, 0.3) is 0 Å². The second kappa shape index (κ2) is 9.68. The van der Waals surface area contributed by atoms with Crippen molar-refractivity contribution in [2.75, 3.05) is 13.7 Å². The van der Waals surface area contributed by atoms with E-state index < -0.39 is 53.9 Å². The molecule has 5 N–H and O–H groups in total. The topological polar surface area (TPSA) is 146 Å². The number of nitrogens with one attached hydrogen (secondary N) is 1. The van der Waals surface area contributed by atoms with Crippen molar-refractivity contribution in [3.05, 3.63) is 30.3 Å². The maximum Gasteiger partial charge on any atom is 0.349 e. The first-order chi connectivity index (χ1) is 13.2. The second-order valence-electron chi connectivity index (χ2n) is 6.48. The van der Waals surface area contributed by atoms with Crippen molar-refractivity contribution in [3.8, 4) is 0 Å². The first-order valence-corrected chi connectivity index (χ1v) is 9.48. The minimum Gasteiger partial charge on any atom is -0.466 e. The first kappa shape index (κ1) is 22.6. The van der Waals surface area contributed by atoms with Crippen LogP contribution in [-0.4, -0.2) is 81.4 Å². The monoisotopic (exact) mass is 415 g/mol. The smallest absolute Gasteiger partial charge is 0.349 e. The molecule has 1 heterocycles. The quantitative estimate of drug-likeness (QED) is 0.355. The molecule has 0 unspecified atom stereocenters. The lowest BCUT2D eigenvalue weighted by atomic mass is 9.89. The number of aliphatic hydroxyl groups excluding tert-OH is 4. The third-order valence-electron chi connectivity index (χ3n) is 4.38. The summed E-state index contributed by atoms with van der Waals surface area (Å²) in [5.41, 5.74) is 0. The van der Waals surface area contributed by atoms with E-state index in [0.29, 0.717) is 4.90 Å². The Bertz CT molecular complexity index is 675. The van der Waals surface area contributed by atoms with Crippen molar-refractivity contribution in [2.45, 2.75) is 53.6 Å². The highest BCUT2D eigenvalue weighted by atomic mass is 32.2. The zero-order chi connectivity index (χ0) is 20.9. The van der Waals surface area contributed by atoms with E-state index in [1.54, 1.807) is 30.3 Å². The lowest BCUT2D eigenvalue weighted by Crippen LogP contribution is -2.66. The molecule has 6 atom stereocenters. The van der Waals surface area contributed by atoms with Gasteiger partial charge in [-0.25, -0.2) is 4.79 Å². The minimum atomic E-state index is -1.73. The van der Waals surface area contributed by atoms with Crippen LogP contribution >= 0.6 is 11.8 Å². The Morgan fingerprint density at radius 2 is 2.00 bits per heavy atom. The van der Waals surface area contributed by atoms with Crippen LogP contribution in [0.3, 0.4) is 0 Å². The van der Waals surface area contributed by atoms with Gasteiger partial charge in [0.2, 0.25) is 10.8 Å². The second-order valence-corrected chi connectivity index (χ2v) is 7.82. The van der Waals surface area contributed by atoms with Crippen LogP contribution in [0.4, 0.5) is 0 Å². The van der Waals surface area contributed by atoms with Crippen LogP contribution in [0.25, 0.3) is 0 Å². The third kappa shape index (κ3) is 5.02. The molecule has 0 bridgehead atoms. The van der Waals surface area contributed by atoms with E-state index in [4.69, 9.17) is 9.47 Å². The van der Waals surface area contributed by atoms with Crippen molar-refractivity contribution < 1.29 is 39.5 Å². The summed E-state index contributed by atoms with van der Waals surface area (Å²) in [6, 6.07) is 7.67. The summed E-state index contributed by atoms with van der Waals surface area (Å²) >= 11 is 0.985. The van der Waals surface area contributed by atoms with Crippen LogP contribution in [0, 0.1) is 0 Å². The van der Waals surface area contributed by atoms with Gasteiger partial charge in [-0.1, -0.05) is 30.0 Å². The molecule has 0 aliphatic carbocycles. The third-order valence-corrected chi connectivity index (χ3v) is 5.65. The predicted molar refractivity (Wildman–Crippen MR) is 99.2 cm³/mol.